The quantitative estimate of drug-likeness (QED) is 0.722. The van der Waals surface area contributed by atoms with Crippen LogP contribution >= 0.6 is 0 Å². The number of hydrogen-bond donors (Lipinski definition) is 1. The van der Waals surface area contributed by atoms with Gasteiger partial charge in [0.1, 0.15) is 0 Å². The van der Waals surface area contributed by atoms with Crippen molar-refractivity contribution < 1.29 is 14.3 Å². The zero-order valence-electron chi connectivity index (χ0n) is 14.4. The Kier molecular flexibility index (Phi) is 4.79. The van der Waals surface area contributed by atoms with Gasteiger partial charge in [0.25, 0.3) is 11.5 Å². The average molecular weight is 351 g/mol. The second kappa shape index (κ2) is 7.18. The molecule has 1 amide bonds. The fraction of sp³-hybridized carbons (Fsp3) is 0.158. The lowest BCUT2D eigenvalue weighted by molar-refractivity contribution is 0.0596. The minimum Gasteiger partial charge on any atom is -0.465 e. The first-order valence-corrected chi connectivity index (χ1v) is 7.93. The minimum absolute atomic E-state index is 0.114. The van der Waals surface area contributed by atoms with Gasteiger partial charge in [-0.05, 0) is 18.2 Å². The lowest BCUT2D eigenvalue weighted by Gasteiger charge is -2.11. The standard InChI is InChI=1S/C19H17N3O4/c1-22-18(24)14-9-5-3-7-12(14)16(21-22)11-20-17(23)13-8-4-6-10-15(13)19(25)26-2/h3-10H,11H2,1-2H3,(H,20,23). The molecule has 1 aromatic heterocycles. The van der Waals surface area contributed by atoms with Crippen molar-refractivity contribution in [3.05, 3.63) is 75.7 Å². The highest BCUT2D eigenvalue weighted by atomic mass is 16.5. The lowest BCUT2D eigenvalue weighted by atomic mass is 10.1. The topological polar surface area (TPSA) is 90.3 Å². The molecule has 0 radical (unpaired) electrons. The van der Waals surface area contributed by atoms with Gasteiger partial charge in [0.2, 0.25) is 0 Å². The summed E-state index contributed by atoms with van der Waals surface area (Å²) in [5.41, 5.74) is 0.762. The van der Waals surface area contributed by atoms with Crippen molar-refractivity contribution in [1.29, 1.82) is 0 Å². The van der Waals surface area contributed by atoms with Crippen LogP contribution in [0.2, 0.25) is 0 Å². The Labute approximate surface area is 149 Å². The van der Waals surface area contributed by atoms with Crippen molar-refractivity contribution in [2.45, 2.75) is 6.54 Å². The van der Waals surface area contributed by atoms with Crippen LogP contribution in [0.5, 0.6) is 0 Å². The van der Waals surface area contributed by atoms with E-state index in [0.29, 0.717) is 16.5 Å². The molecule has 3 aromatic rings. The van der Waals surface area contributed by atoms with E-state index in [2.05, 4.69) is 10.4 Å². The second-order valence-electron chi connectivity index (χ2n) is 5.64. The molecule has 26 heavy (non-hydrogen) atoms. The van der Waals surface area contributed by atoms with Gasteiger partial charge in [-0.25, -0.2) is 9.48 Å². The van der Waals surface area contributed by atoms with Gasteiger partial charge in [-0.3, -0.25) is 9.59 Å². The molecule has 1 heterocycles. The predicted molar refractivity (Wildman–Crippen MR) is 95.9 cm³/mol. The Morgan fingerprint density at radius 2 is 1.65 bits per heavy atom. The van der Waals surface area contributed by atoms with Crippen LogP contribution in [0, 0.1) is 0 Å². The number of rotatable bonds is 4. The molecule has 0 fully saturated rings. The Morgan fingerprint density at radius 1 is 1.04 bits per heavy atom. The molecule has 3 rings (SSSR count). The summed E-state index contributed by atoms with van der Waals surface area (Å²) in [4.78, 5) is 36.5. The van der Waals surface area contributed by atoms with Crippen molar-refractivity contribution in [1.82, 2.24) is 15.1 Å². The number of carbonyl (C=O) groups is 2. The van der Waals surface area contributed by atoms with E-state index in [4.69, 9.17) is 4.74 Å². The van der Waals surface area contributed by atoms with E-state index < -0.39 is 11.9 Å². The van der Waals surface area contributed by atoms with Gasteiger partial charge in [-0.15, -0.1) is 0 Å². The molecule has 0 unspecified atom stereocenters. The molecule has 0 aliphatic heterocycles. The third-order valence-corrected chi connectivity index (χ3v) is 4.03. The van der Waals surface area contributed by atoms with Gasteiger partial charge in [0.15, 0.2) is 0 Å². The number of nitrogens with zero attached hydrogens (tertiary/aromatic N) is 2. The molecule has 0 aliphatic carbocycles. The fourth-order valence-corrected chi connectivity index (χ4v) is 2.73. The largest absolute Gasteiger partial charge is 0.465 e. The van der Waals surface area contributed by atoms with Crippen molar-refractivity contribution >= 4 is 22.6 Å². The molecule has 0 saturated carbocycles. The summed E-state index contributed by atoms with van der Waals surface area (Å²) >= 11 is 0. The molecular weight excluding hydrogens is 334 g/mol. The number of ether oxygens (including phenoxy) is 1. The highest BCUT2D eigenvalue weighted by Gasteiger charge is 2.17. The summed E-state index contributed by atoms with van der Waals surface area (Å²) < 4.78 is 5.95. The highest BCUT2D eigenvalue weighted by molar-refractivity contribution is 6.05. The summed E-state index contributed by atoms with van der Waals surface area (Å²) in [6.07, 6.45) is 0. The summed E-state index contributed by atoms with van der Waals surface area (Å²) in [5.74, 6) is -1.01. The maximum Gasteiger partial charge on any atom is 0.338 e. The van der Waals surface area contributed by atoms with Gasteiger partial charge in [-0.1, -0.05) is 30.3 Å². The Morgan fingerprint density at radius 3 is 2.35 bits per heavy atom. The number of hydrogen-bond acceptors (Lipinski definition) is 5. The number of carbonyl (C=O) groups excluding carboxylic acids is 2. The molecule has 7 heteroatoms. The number of aromatic nitrogens is 2. The Bertz CT molecular complexity index is 1060. The molecule has 132 valence electrons. The molecule has 0 atom stereocenters. The van der Waals surface area contributed by atoms with E-state index in [1.165, 1.54) is 17.9 Å². The first-order valence-electron chi connectivity index (χ1n) is 7.93. The minimum atomic E-state index is -0.582. The first kappa shape index (κ1) is 17.3. The molecule has 7 nitrogen and oxygen atoms in total. The smallest absolute Gasteiger partial charge is 0.338 e. The molecule has 2 aromatic carbocycles. The summed E-state index contributed by atoms with van der Waals surface area (Å²) in [5, 5.41) is 8.20. The van der Waals surface area contributed by atoms with Gasteiger partial charge in [0.05, 0.1) is 35.9 Å². The van der Waals surface area contributed by atoms with Crippen molar-refractivity contribution in [3.8, 4) is 0 Å². The van der Waals surface area contributed by atoms with Crippen molar-refractivity contribution in [2.24, 2.45) is 7.05 Å². The van der Waals surface area contributed by atoms with Crippen LogP contribution in [0.3, 0.4) is 0 Å². The van der Waals surface area contributed by atoms with Crippen molar-refractivity contribution in [2.75, 3.05) is 7.11 Å². The van der Waals surface area contributed by atoms with Crippen molar-refractivity contribution in [3.63, 3.8) is 0 Å². The fourth-order valence-electron chi connectivity index (χ4n) is 2.73. The lowest BCUT2D eigenvalue weighted by Crippen LogP contribution is -2.28. The number of methoxy groups -OCH3 is 1. The molecule has 0 bridgehead atoms. The van der Waals surface area contributed by atoms with Crippen LogP contribution in [0.4, 0.5) is 0 Å². The van der Waals surface area contributed by atoms with E-state index >= 15 is 0 Å². The zero-order valence-corrected chi connectivity index (χ0v) is 14.4. The van der Waals surface area contributed by atoms with Crippen LogP contribution in [0.15, 0.2) is 53.3 Å². The third kappa shape index (κ3) is 3.19. The average Bonchev–Trinajstić information content (AvgIpc) is 2.68. The van der Waals surface area contributed by atoms with Gasteiger partial charge in [-0.2, -0.15) is 5.10 Å². The first-order chi connectivity index (χ1) is 12.5. The van der Waals surface area contributed by atoms with Crippen LogP contribution < -0.4 is 10.9 Å². The molecule has 0 saturated heterocycles. The maximum absolute atomic E-state index is 12.5. The number of amides is 1. The van der Waals surface area contributed by atoms with Gasteiger partial charge < -0.3 is 10.1 Å². The number of esters is 1. The van der Waals surface area contributed by atoms with E-state index in [-0.39, 0.29) is 23.2 Å². The number of fused-ring (bicyclic) bond motifs is 1. The van der Waals surface area contributed by atoms with E-state index in [1.54, 1.807) is 49.5 Å². The molecular formula is C19H17N3O4. The van der Waals surface area contributed by atoms with Crippen LogP contribution in [0.25, 0.3) is 10.8 Å². The highest BCUT2D eigenvalue weighted by Crippen LogP contribution is 2.14. The SMILES string of the molecule is COC(=O)c1ccccc1C(=O)NCc1nn(C)c(=O)c2ccccc12. The summed E-state index contributed by atoms with van der Waals surface area (Å²) in [6, 6.07) is 13.5. The molecule has 1 N–H and O–H groups in total. The van der Waals surface area contributed by atoms with Crippen LogP contribution in [0.1, 0.15) is 26.4 Å². The molecule has 0 aliphatic rings. The normalized spacial score (nSPS) is 10.5. The van der Waals surface area contributed by atoms with E-state index in [1.807, 2.05) is 0 Å². The Balaban J connectivity index is 1.90. The number of benzene rings is 2. The van der Waals surface area contributed by atoms with E-state index in [9.17, 15) is 14.4 Å². The van der Waals surface area contributed by atoms with Crippen LogP contribution in [-0.2, 0) is 18.3 Å². The second-order valence-corrected chi connectivity index (χ2v) is 5.64. The summed E-state index contributed by atoms with van der Waals surface area (Å²) in [6.45, 7) is 0.114. The summed E-state index contributed by atoms with van der Waals surface area (Å²) in [7, 11) is 2.82. The monoisotopic (exact) mass is 351 g/mol. The third-order valence-electron chi connectivity index (χ3n) is 4.03. The van der Waals surface area contributed by atoms with Gasteiger partial charge in [0, 0.05) is 12.4 Å². The maximum atomic E-state index is 12.5. The predicted octanol–water partition coefficient (Wildman–Crippen LogP) is 1.65. The molecule has 0 spiro atoms. The number of nitrogens with one attached hydrogen (secondary N) is 1. The number of aryl methyl sites for hydroxylation is 1. The van der Waals surface area contributed by atoms with E-state index in [0.717, 1.165) is 0 Å². The Hall–Kier alpha value is -3.48. The van der Waals surface area contributed by atoms with Gasteiger partial charge >= 0.3 is 5.97 Å². The van der Waals surface area contributed by atoms with Crippen LogP contribution in [-0.4, -0.2) is 28.8 Å². The zero-order chi connectivity index (χ0) is 18.7.